The summed E-state index contributed by atoms with van der Waals surface area (Å²) < 4.78 is 3.41. The topological polar surface area (TPSA) is 85.0 Å². The monoisotopic (exact) mass is 249 g/mol. The standard InChI is InChI=1S/C11H15N5O2/c1-3-16-5-4-12-11(16)14-9(10(17)18)8-6-13-15(2)7-8/h4-7,9H,3H2,1-2H3,(H,12,14)(H,17,18). The van der Waals surface area contributed by atoms with Crippen LogP contribution >= 0.6 is 0 Å². The van der Waals surface area contributed by atoms with E-state index in [0.717, 1.165) is 6.54 Å². The van der Waals surface area contributed by atoms with Crippen LogP contribution in [0.25, 0.3) is 0 Å². The van der Waals surface area contributed by atoms with Crippen molar-refractivity contribution in [3.63, 3.8) is 0 Å². The predicted molar refractivity (Wildman–Crippen MR) is 65.1 cm³/mol. The molecule has 2 aromatic rings. The minimum absolute atomic E-state index is 0.536. The third-order valence-electron chi connectivity index (χ3n) is 2.63. The number of aliphatic carboxylic acids is 1. The number of aryl methyl sites for hydroxylation is 2. The largest absolute Gasteiger partial charge is 0.479 e. The van der Waals surface area contributed by atoms with E-state index in [1.54, 1.807) is 30.3 Å². The highest BCUT2D eigenvalue weighted by atomic mass is 16.4. The van der Waals surface area contributed by atoms with Crippen LogP contribution in [-0.4, -0.2) is 30.4 Å². The molecule has 7 heteroatoms. The number of rotatable bonds is 5. The van der Waals surface area contributed by atoms with Gasteiger partial charge in [0.2, 0.25) is 5.95 Å². The van der Waals surface area contributed by atoms with Crippen molar-refractivity contribution in [3.8, 4) is 0 Å². The van der Waals surface area contributed by atoms with E-state index in [-0.39, 0.29) is 0 Å². The Labute approximate surface area is 104 Å². The molecule has 0 aromatic carbocycles. The van der Waals surface area contributed by atoms with E-state index >= 15 is 0 Å². The number of nitrogens with zero attached hydrogens (tertiary/aromatic N) is 4. The molecule has 2 N–H and O–H groups in total. The maximum Gasteiger partial charge on any atom is 0.331 e. The lowest BCUT2D eigenvalue weighted by Gasteiger charge is -2.14. The van der Waals surface area contributed by atoms with Gasteiger partial charge in [-0.05, 0) is 6.92 Å². The number of imidazole rings is 1. The molecule has 0 saturated heterocycles. The highest BCUT2D eigenvalue weighted by Gasteiger charge is 2.22. The van der Waals surface area contributed by atoms with Crippen LogP contribution in [-0.2, 0) is 18.4 Å². The second-order valence-corrected chi connectivity index (χ2v) is 3.90. The summed E-state index contributed by atoms with van der Waals surface area (Å²) in [6, 6.07) is -0.855. The third-order valence-corrected chi connectivity index (χ3v) is 2.63. The summed E-state index contributed by atoms with van der Waals surface area (Å²) in [6.07, 6.45) is 6.63. The van der Waals surface area contributed by atoms with Crippen LogP contribution in [0.1, 0.15) is 18.5 Å². The Kier molecular flexibility index (Phi) is 3.31. The molecule has 0 amide bonds. The number of carbonyl (C=O) groups is 1. The summed E-state index contributed by atoms with van der Waals surface area (Å²) in [5.74, 6) is -0.428. The van der Waals surface area contributed by atoms with E-state index in [2.05, 4.69) is 15.4 Å². The second kappa shape index (κ2) is 4.91. The smallest absolute Gasteiger partial charge is 0.331 e. The van der Waals surface area contributed by atoms with Gasteiger partial charge in [0.15, 0.2) is 6.04 Å². The van der Waals surface area contributed by atoms with Gasteiger partial charge in [0.05, 0.1) is 6.20 Å². The van der Waals surface area contributed by atoms with Crippen LogP contribution in [0.15, 0.2) is 24.8 Å². The first-order valence-electron chi connectivity index (χ1n) is 5.60. The van der Waals surface area contributed by atoms with Crippen LogP contribution in [0.4, 0.5) is 5.95 Å². The molecule has 0 bridgehead atoms. The maximum absolute atomic E-state index is 11.3. The number of aromatic nitrogens is 4. The second-order valence-electron chi connectivity index (χ2n) is 3.90. The molecular formula is C11H15N5O2. The van der Waals surface area contributed by atoms with Gasteiger partial charge in [-0.2, -0.15) is 5.10 Å². The number of anilines is 1. The van der Waals surface area contributed by atoms with Crippen LogP contribution < -0.4 is 5.32 Å². The molecular weight excluding hydrogens is 234 g/mol. The molecule has 1 atom stereocenters. The number of nitrogens with one attached hydrogen (secondary N) is 1. The Bertz CT molecular complexity index is 545. The first-order chi connectivity index (χ1) is 8.61. The van der Waals surface area contributed by atoms with Crippen molar-refractivity contribution in [1.82, 2.24) is 19.3 Å². The summed E-state index contributed by atoms with van der Waals surface area (Å²) in [7, 11) is 1.75. The molecule has 18 heavy (non-hydrogen) atoms. The lowest BCUT2D eigenvalue weighted by molar-refractivity contribution is -0.138. The molecule has 2 heterocycles. The first-order valence-corrected chi connectivity index (χ1v) is 5.60. The van der Waals surface area contributed by atoms with Crippen molar-refractivity contribution < 1.29 is 9.90 Å². The zero-order valence-electron chi connectivity index (χ0n) is 10.2. The average molecular weight is 249 g/mol. The fourth-order valence-corrected chi connectivity index (χ4v) is 1.71. The maximum atomic E-state index is 11.3. The van der Waals surface area contributed by atoms with Crippen molar-refractivity contribution in [2.45, 2.75) is 19.5 Å². The van der Waals surface area contributed by atoms with Gasteiger partial charge in [0.25, 0.3) is 0 Å². The van der Waals surface area contributed by atoms with Crippen LogP contribution in [0.3, 0.4) is 0 Å². The van der Waals surface area contributed by atoms with Gasteiger partial charge in [-0.3, -0.25) is 4.68 Å². The Morgan fingerprint density at radius 2 is 2.39 bits per heavy atom. The van der Waals surface area contributed by atoms with Crippen LogP contribution in [0.5, 0.6) is 0 Å². The Morgan fingerprint density at radius 1 is 1.61 bits per heavy atom. The van der Waals surface area contributed by atoms with Crippen LogP contribution in [0.2, 0.25) is 0 Å². The lowest BCUT2D eigenvalue weighted by atomic mass is 10.1. The highest BCUT2D eigenvalue weighted by Crippen LogP contribution is 2.18. The molecule has 0 aliphatic rings. The number of hydrogen-bond acceptors (Lipinski definition) is 4. The van der Waals surface area contributed by atoms with E-state index in [0.29, 0.717) is 11.5 Å². The van der Waals surface area contributed by atoms with Crippen molar-refractivity contribution in [2.24, 2.45) is 7.05 Å². The summed E-state index contributed by atoms with van der Waals surface area (Å²) >= 11 is 0. The fourth-order valence-electron chi connectivity index (χ4n) is 1.71. The minimum atomic E-state index is -0.964. The molecule has 0 aliphatic carbocycles. The number of hydrogen-bond donors (Lipinski definition) is 2. The van der Waals surface area contributed by atoms with Gasteiger partial charge < -0.3 is 15.0 Å². The molecule has 2 rings (SSSR count). The minimum Gasteiger partial charge on any atom is -0.479 e. The zero-order valence-corrected chi connectivity index (χ0v) is 10.2. The van der Waals surface area contributed by atoms with Gasteiger partial charge in [-0.15, -0.1) is 0 Å². The summed E-state index contributed by atoms with van der Waals surface area (Å²) in [5, 5.41) is 16.1. The van der Waals surface area contributed by atoms with Crippen molar-refractivity contribution >= 4 is 11.9 Å². The number of carboxylic acids is 1. The van der Waals surface area contributed by atoms with E-state index in [1.807, 2.05) is 11.5 Å². The Balaban J connectivity index is 2.25. The average Bonchev–Trinajstić information content (AvgIpc) is 2.93. The zero-order chi connectivity index (χ0) is 13.1. The van der Waals surface area contributed by atoms with E-state index in [4.69, 9.17) is 0 Å². The molecule has 96 valence electrons. The van der Waals surface area contributed by atoms with Crippen LogP contribution in [0, 0.1) is 0 Å². The van der Waals surface area contributed by atoms with E-state index in [9.17, 15) is 9.90 Å². The lowest BCUT2D eigenvalue weighted by Crippen LogP contribution is -2.22. The van der Waals surface area contributed by atoms with Gasteiger partial charge in [-0.1, -0.05) is 0 Å². The summed E-state index contributed by atoms with van der Waals surface area (Å²) in [5.41, 5.74) is 0.593. The summed E-state index contributed by atoms with van der Waals surface area (Å²) in [4.78, 5) is 15.4. The SMILES string of the molecule is CCn1ccnc1NC(C(=O)O)c1cnn(C)c1. The summed E-state index contributed by atoms with van der Waals surface area (Å²) in [6.45, 7) is 2.69. The van der Waals surface area contributed by atoms with Gasteiger partial charge in [0.1, 0.15) is 0 Å². The van der Waals surface area contributed by atoms with Crippen molar-refractivity contribution in [3.05, 3.63) is 30.4 Å². The van der Waals surface area contributed by atoms with Gasteiger partial charge >= 0.3 is 5.97 Å². The van der Waals surface area contributed by atoms with Crippen molar-refractivity contribution in [2.75, 3.05) is 5.32 Å². The van der Waals surface area contributed by atoms with E-state index < -0.39 is 12.0 Å². The molecule has 0 spiro atoms. The Morgan fingerprint density at radius 3 is 2.94 bits per heavy atom. The third kappa shape index (κ3) is 2.34. The molecule has 0 aliphatic heterocycles. The molecule has 0 saturated carbocycles. The van der Waals surface area contributed by atoms with Crippen molar-refractivity contribution in [1.29, 1.82) is 0 Å². The normalized spacial score (nSPS) is 12.3. The molecule has 7 nitrogen and oxygen atoms in total. The quantitative estimate of drug-likeness (QED) is 0.821. The van der Waals surface area contributed by atoms with E-state index in [1.165, 1.54) is 6.20 Å². The Hall–Kier alpha value is -2.31. The molecule has 0 radical (unpaired) electrons. The first kappa shape index (κ1) is 12.2. The molecule has 1 unspecified atom stereocenters. The molecule has 2 aromatic heterocycles. The van der Waals surface area contributed by atoms with Gasteiger partial charge in [-0.25, -0.2) is 9.78 Å². The highest BCUT2D eigenvalue weighted by molar-refractivity contribution is 5.78. The van der Waals surface area contributed by atoms with Gasteiger partial charge in [0, 0.05) is 37.7 Å². The predicted octanol–water partition coefficient (Wildman–Crippen LogP) is 0.874. The molecule has 0 fully saturated rings. The number of carboxylic acid groups (broad SMARTS) is 1. The fraction of sp³-hybridized carbons (Fsp3) is 0.364.